The van der Waals surface area contributed by atoms with Gasteiger partial charge in [-0.15, -0.1) is 0 Å². The fraction of sp³-hybridized carbons (Fsp3) is 0.0769. The molecule has 1 atom stereocenters. The number of rotatable bonds is 4. The lowest BCUT2D eigenvalue weighted by Crippen LogP contribution is -2.12. The first-order valence-electron chi connectivity index (χ1n) is 5.50. The van der Waals surface area contributed by atoms with Gasteiger partial charge in [0.15, 0.2) is 0 Å². The topological polar surface area (TPSA) is 63.2 Å². The molecule has 0 aliphatic heterocycles. The summed E-state index contributed by atoms with van der Waals surface area (Å²) in [7, 11) is -4.75. The Kier molecular flexibility index (Phi) is 4.01. The minimum absolute atomic E-state index is 0.193. The highest BCUT2D eigenvalue weighted by atomic mass is 32.2. The van der Waals surface area contributed by atoms with Crippen LogP contribution < -0.4 is 4.72 Å². The van der Waals surface area contributed by atoms with Crippen molar-refractivity contribution in [2.24, 2.45) is 0 Å². The Balaban J connectivity index is 2.31. The van der Waals surface area contributed by atoms with Crippen LogP contribution in [0.15, 0.2) is 64.4 Å². The third-order valence-corrected chi connectivity index (χ3v) is 4.79. The van der Waals surface area contributed by atoms with E-state index < -0.39 is 20.8 Å². The van der Waals surface area contributed by atoms with Crippen molar-refractivity contribution in [3.8, 4) is 0 Å². The largest absolute Gasteiger partial charge is 0.280 e. The lowest BCUT2D eigenvalue weighted by Gasteiger charge is -2.08. The molecule has 0 aromatic heterocycles. The lowest BCUT2D eigenvalue weighted by molar-refractivity contribution is 0.601. The van der Waals surface area contributed by atoms with E-state index in [1.165, 1.54) is 12.1 Å². The van der Waals surface area contributed by atoms with Crippen molar-refractivity contribution >= 4 is 26.5 Å². The van der Waals surface area contributed by atoms with Crippen LogP contribution >= 0.6 is 0 Å². The Labute approximate surface area is 115 Å². The highest BCUT2D eigenvalue weighted by molar-refractivity contribution is 7.92. The van der Waals surface area contributed by atoms with E-state index >= 15 is 0 Å². The number of nitrogens with one attached hydrogen (secondary N) is 1. The summed E-state index contributed by atoms with van der Waals surface area (Å²) < 4.78 is 38.0. The zero-order valence-electron chi connectivity index (χ0n) is 10.2. The summed E-state index contributed by atoms with van der Waals surface area (Å²) in [5.41, 5.74) is 0.400. The summed E-state index contributed by atoms with van der Waals surface area (Å²) in [6.45, 7) is 0. The van der Waals surface area contributed by atoms with Crippen LogP contribution in [0.5, 0.6) is 0 Å². The maximum absolute atomic E-state index is 12.1. The van der Waals surface area contributed by atoms with Gasteiger partial charge in [0, 0.05) is 22.0 Å². The molecule has 1 N–H and O–H groups in total. The molecule has 0 aliphatic rings. The first-order chi connectivity index (χ1) is 8.99. The van der Waals surface area contributed by atoms with Gasteiger partial charge in [-0.25, -0.2) is 8.42 Å². The van der Waals surface area contributed by atoms with Crippen LogP contribution in [-0.4, -0.2) is 18.9 Å². The monoisotopic (exact) mass is 295 g/mol. The number of sulfonamides is 1. The van der Waals surface area contributed by atoms with Crippen LogP contribution in [-0.2, 0) is 20.8 Å². The molecule has 2 rings (SSSR count). The Morgan fingerprint density at radius 2 is 1.68 bits per heavy atom. The highest BCUT2D eigenvalue weighted by Crippen LogP contribution is 2.18. The van der Waals surface area contributed by atoms with Gasteiger partial charge in [0.25, 0.3) is 10.0 Å². The SMILES string of the molecule is CS(=O)c1cccc(NS(=O)(=O)c2ccccc2)c1. The zero-order valence-corrected chi connectivity index (χ0v) is 11.9. The second-order valence-electron chi connectivity index (χ2n) is 3.90. The Hall–Kier alpha value is -1.66. The normalized spacial score (nSPS) is 12.9. The Morgan fingerprint density at radius 1 is 1.00 bits per heavy atom. The van der Waals surface area contributed by atoms with Gasteiger partial charge >= 0.3 is 0 Å². The van der Waals surface area contributed by atoms with Crippen molar-refractivity contribution in [1.82, 2.24) is 0 Å². The maximum Gasteiger partial charge on any atom is 0.261 e. The predicted molar refractivity (Wildman–Crippen MR) is 76.0 cm³/mol. The maximum atomic E-state index is 12.1. The molecule has 0 spiro atoms. The molecular weight excluding hydrogens is 282 g/mol. The molecule has 0 amide bonds. The molecule has 0 saturated carbocycles. The minimum Gasteiger partial charge on any atom is -0.280 e. The average Bonchev–Trinajstić information content (AvgIpc) is 2.39. The molecule has 4 nitrogen and oxygen atoms in total. The number of anilines is 1. The summed E-state index contributed by atoms with van der Waals surface area (Å²) in [6.07, 6.45) is 1.55. The van der Waals surface area contributed by atoms with Gasteiger partial charge in [0.1, 0.15) is 0 Å². The molecule has 100 valence electrons. The van der Waals surface area contributed by atoms with Crippen molar-refractivity contribution in [2.45, 2.75) is 9.79 Å². The van der Waals surface area contributed by atoms with Gasteiger partial charge in [-0.3, -0.25) is 8.93 Å². The van der Waals surface area contributed by atoms with E-state index in [1.54, 1.807) is 48.7 Å². The van der Waals surface area contributed by atoms with Crippen LogP contribution in [0.25, 0.3) is 0 Å². The standard InChI is InChI=1S/C13H13NO3S2/c1-18(15)12-7-5-6-11(10-12)14-19(16,17)13-8-3-2-4-9-13/h2-10,14H,1H3. The summed E-state index contributed by atoms with van der Waals surface area (Å²) in [4.78, 5) is 0.770. The quantitative estimate of drug-likeness (QED) is 0.940. The van der Waals surface area contributed by atoms with Gasteiger partial charge in [-0.05, 0) is 30.3 Å². The van der Waals surface area contributed by atoms with E-state index in [9.17, 15) is 12.6 Å². The number of hydrogen-bond acceptors (Lipinski definition) is 3. The molecule has 19 heavy (non-hydrogen) atoms. The van der Waals surface area contributed by atoms with Crippen molar-refractivity contribution in [2.75, 3.05) is 11.0 Å². The Morgan fingerprint density at radius 3 is 2.32 bits per heavy atom. The molecule has 0 fully saturated rings. The molecule has 0 heterocycles. The van der Waals surface area contributed by atoms with Crippen molar-refractivity contribution in [3.63, 3.8) is 0 Å². The van der Waals surface area contributed by atoms with Gasteiger partial charge in [-0.2, -0.15) is 0 Å². The average molecular weight is 295 g/mol. The Bertz CT molecular complexity index is 697. The van der Waals surface area contributed by atoms with E-state index in [2.05, 4.69) is 4.72 Å². The molecule has 6 heteroatoms. The fourth-order valence-corrected chi connectivity index (χ4v) is 3.19. The van der Waals surface area contributed by atoms with Gasteiger partial charge in [0.2, 0.25) is 0 Å². The molecule has 1 unspecified atom stereocenters. The van der Waals surface area contributed by atoms with E-state index in [4.69, 9.17) is 0 Å². The number of benzene rings is 2. The molecule has 0 saturated heterocycles. The molecule has 2 aromatic rings. The van der Waals surface area contributed by atoms with E-state index in [0.29, 0.717) is 10.6 Å². The zero-order chi connectivity index (χ0) is 13.9. The van der Waals surface area contributed by atoms with Gasteiger partial charge in [-0.1, -0.05) is 24.3 Å². The molecule has 0 radical (unpaired) electrons. The third kappa shape index (κ3) is 3.42. The van der Waals surface area contributed by atoms with Crippen molar-refractivity contribution in [3.05, 3.63) is 54.6 Å². The van der Waals surface area contributed by atoms with Gasteiger partial charge < -0.3 is 0 Å². The lowest BCUT2D eigenvalue weighted by atomic mass is 10.3. The van der Waals surface area contributed by atoms with Crippen LogP contribution in [0.1, 0.15) is 0 Å². The van der Waals surface area contributed by atoms with Crippen LogP contribution in [0.3, 0.4) is 0 Å². The van der Waals surface area contributed by atoms with Crippen molar-refractivity contribution in [1.29, 1.82) is 0 Å². The summed E-state index contributed by atoms with van der Waals surface area (Å²) in [5, 5.41) is 0. The molecule has 0 bridgehead atoms. The van der Waals surface area contributed by atoms with Gasteiger partial charge in [0.05, 0.1) is 10.6 Å². The third-order valence-electron chi connectivity index (χ3n) is 2.47. The van der Waals surface area contributed by atoms with Crippen molar-refractivity contribution < 1.29 is 12.6 Å². The van der Waals surface area contributed by atoms with E-state index in [0.717, 1.165) is 0 Å². The minimum atomic E-state index is -3.60. The van der Waals surface area contributed by atoms with Crippen LogP contribution in [0, 0.1) is 0 Å². The van der Waals surface area contributed by atoms with E-state index in [1.807, 2.05) is 0 Å². The first-order valence-corrected chi connectivity index (χ1v) is 8.54. The number of hydrogen-bond donors (Lipinski definition) is 1. The summed E-state index contributed by atoms with van der Waals surface area (Å²) in [5.74, 6) is 0. The second-order valence-corrected chi connectivity index (χ2v) is 6.96. The highest BCUT2D eigenvalue weighted by Gasteiger charge is 2.13. The fourth-order valence-electron chi connectivity index (χ4n) is 1.55. The molecule has 0 aliphatic carbocycles. The van der Waals surface area contributed by atoms with Crippen LogP contribution in [0.4, 0.5) is 5.69 Å². The second kappa shape index (κ2) is 5.54. The van der Waals surface area contributed by atoms with E-state index in [-0.39, 0.29) is 4.90 Å². The molecule has 2 aromatic carbocycles. The summed E-state index contributed by atoms with van der Waals surface area (Å²) in [6, 6.07) is 14.6. The van der Waals surface area contributed by atoms with Crippen LogP contribution in [0.2, 0.25) is 0 Å². The smallest absolute Gasteiger partial charge is 0.261 e. The molecular formula is C13H13NO3S2. The summed E-state index contributed by atoms with van der Waals surface area (Å²) >= 11 is 0. The predicted octanol–water partition coefficient (Wildman–Crippen LogP) is 2.22. The first kappa shape index (κ1) is 13.8.